The molecular weight excluding hydrogens is 298 g/mol. The van der Waals surface area contributed by atoms with E-state index in [1.54, 1.807) is 11.3 Å². The highest BCUT2D eigenvalue weighted by molar-refractivity contribution is 9.10. The van der Waals surface area contributed by atoms with Crippen LogP contribution >= 0.6 is 27.3 Å². The van der Waals surface area contributed by atoms with E-state index in [1.165, 1.54) is 0 Å². The number of carbonyl (C=O) groups excluding carboxylic acids is 1. The topological polar surface area (TPSA) is 29.1 Å². The number of halogens is 1. The van der Waals surface area contributed by atoms with Crippen LogP contribution in [0.25, 0.3) is 0 Å². The number of hydrogen-bond acceptors (Lipinski definition) is 2. The van der Waals surface area contributed by atoms with Crippen molar-refractivity contribution in [3.8, 4) is 0 Å². The molecule has 0 bridgehead atoms. The smallest absolute Gasteiger partial charge is 0.256 e. The van der Waals surface area contributed by atoms with Gasteiger partial charge < -0.3 is 5.32 Å². The zero-order valence-corrected chi connectivity index (χ0v) is 12.0. The summed E-state index contributed by atoms with van der Waals surface area (Å²) >= 11 is 4.99. The summed E-state index contributed by atoms with van der Waals surface area (Å²) in [6, 6.07) is 5.79. The van der Waals surface area contributed by atoms with Crippen molar-refractivity contribution in [3.05, 3.63) is 50.1 Å². The molecule has 0 aliphatic rings. The van der Waals surface area contributed by atoms with Crippen LogP contribution in [0.4, 0.5) is 5.69 Å². The van der Waals surface area contributed by atoms with Gasteiger partial charge in [-0.1, -0.05) is 22.0 Å². The van der Waals surface area contributed by atoms with Gasteiger partial charge in [-0.15, -0.1) is 0 Å². The van der Waals surface area contributed by atoms with Crippen LogP contribution in [-0.2, 0) is 0 Å². The lowest BCUT2D eigenvalue weighted by Crippen LogP contribution is -2.12. The highest BCUT2D eigenvalue weighted by atomic mass is 79.9. The Balaban J connectivity index is 2.19. The van der Waals surface area contributed by atoms with E-state index in [0.29, 0.717) is 0 Å². The maximum atomic E-state index is 12.0. The van der Waals surface area contributed by atoms with Crippen molar-refractivity contribution >= 4 is 38.9 Å². The fourth-order valence-corrected chi connectivity index (χ4v) is 2.67. The van der Waals surface area contributed by atoms with Crippen LogP contribution in [0.5, 0.6) is 0 Å². The fourth-order valence-electron chi connectivity index (χ4n) is 1.46. The van der Waals surface area contributed by atoms with Crippen LogP contribution in [0.15, 0.2) is 33.4 Å². The third-order valence-electron chi connectivity index (χ3n) is 2.53. The molecule has 2 aromatic rings. The van der Waals surface area contributed by atoms with Crippen LogP contribution in [0.2, 0.25) is 0 Å². The molecule has 2 rings (SSSR count). The predicted octanol–water partition coefficient (Wildman–Crippen LogP) is 4.38. The molecule has 1 aromatic heterocycles. The monoisotopic (exact) mass is 309 g/mol. The van der Waals surface area contributed by atoms with Crippen molar-refractivity contribution in [2.45, 2.75) is 13.8 Å². The molecular formula is C13H12BrNOS. The first-order valence-corrected chi connectivity index (χ1v) is 6.92. The Bertz CT molecular complexity index is 562. The maximum absolute atomic E-state index is 12.0. The first kappa shape index (κ1) is 12.3. The van der Waals surface area contributed by atoms with E-state index < -0.39 is 0 Å². The molecule has 2 nitrogen and oxygen atoms in total. The highest BCUT2D eigenvalue weighted by Gasteiger charge is 2.10. The van der Waals surface area contributed by atoms with E-state index in [0.717, 1.165) is 26.9 Å². The molecule has 0 saturated carbocycles. The number of carbonyl (C=O) groups is 1. The van der Waals surface area contributed by atoms with Gasteiger partial charge in [0.05, 0.1) is 5.56 Å². The summed E-state index contributed by atoms with van der Waals surface area (Å²) in [5.41, 5.74) is 3.71. The van der Waals surface area contributed by atoms with Gasteiger partial charge >= 0.3 is 0 Å². The second-order valence-electron chi connectivity index (χ2n) is 3.89. The molecule has 0 spiro atoms. The Hall–Kier alpha value is -1.13. The Morgan fingerprint density at radius 2 is 2.00 bits per heavy atom. The van der Waals surface area contributed by atoms with E-state index in [9.17, 15) is 4.79 Å². The molecule has 0 fully saturated rings. The molecule has 0 saturated heterocycles. The third kappa shape index (κ3) is 2.76. The second-order valence-corrected chi connectivity index (χ2v) is 5.48. The molecule has 0 radical (unpaired) electrons. The average Bonchev–Trinajstić information content (AvgIpc) is 2.70. The quantitative estimate of drug-likeness (QED) is 0.876. The van der Waals surface area contributed by atoms with E-state index in [1.807, 2.05) is 42.8 Å². The van der Waals surface area contributed by atoms with Gasteiger partial charge in [-0.3, -0.25) is 4.79 Å². The van der Waals surface area contributed by atoms with Gasteiger partial charge in [0.15, 0.2) is 0 Å². The number of amides is 1. The van der Waals surface area contributed by atoms with Gasteiger partial charge in [0.1, 0.15) is 0 Å². The number of benzene rings is 1. The summed E-state index contributed by atoms with van der Waals surface area (Å²) in [5.74, 6) is -0.0560. The molecule has 0 unspecified atom stereocenters. The summed E-state index contributed by atoms with van der Waals surface area (Å²) < 4.78 is 0.998. The molecule has 0 aliphatic heterocycles. The third-order valence-corrected chi connectivity index (χ3v) is 4.25. The minimum atomic E-state index is -0.0560. The van der Waals surface area contributed by atoms with Crippen molar-refractivity contribution in [3.63, 3.8) is 0 Å². The minimum absolute atomic E-state index is 0.0560. The van der Waals surface area contributed by atoms with Gasteiger partial charge in [-0.25, -0.2) is 0 Å². The Labute approximate surface area is 113 Å². The zero-order chi connectivity index (χ0) is 12.4. The first-order chi connectivity index (χ1) is 8.08. The Morgan fingerprint density at radius 3 is 2.59 bits per heavy atom. The van der Waals surface area contributed by atoms with Crippen LogP contribution in [0.1, 0.15) is 21.5 Å². The first-order valence-electron chi connectivity index (χ1n) is 5.18. The van der Waals surface area contributed by atoms with Gasteiger partial charge in [-0.05, 0) is 42.5 Å². The van der Waals surface area contributed by atoms with Crippen LogP contribution in [-0.4, -0.2) is 5.91 Å². The SMILES string of the molecule is Cc1ccc(NC(=O)c2cscc2C)cc1Br. The van der Waals surface area contributed by atoms with E-state index >= 15 is 0 Å². The number of thiophene rings is 1. The van der Waals surface area contributed by atoms with Crippen LogP contribution < -0.4 is 5.32 Å². The summed E-state index contributed by atoms with van der Waals surface area (Å²) in [4.78, 5) is 12.0. The van der Waals surface area contributed by atoms with Crippen molar-refractivity contribution < 1.29 is 4.79 Å². The Morgan fingerprint density at radius 1 is 1.24 bits per heavy atom. The largest absolute Gasteiger partial charge is 0.322 e. The second kappa shape index (κ2) is 5.02. The lowest BCUT2D eigenvalue weighted by atomic mass is 10.2. The van der Waals surface area contributed by atoms with E-state index in [4.69, 9.17) is 0 Å². The molecule has 1 amide bonds. The number of anilines is 1. The van der Waals surface area contributed by atoms with Gasteiger partial charge in [0.25, 0.3) is 5.91 Å². The number of nitrogens with one attached hydrogen (secondary N) is 1. The van der Waals surface area contributed by atoms with E-state index in [-0.39, 0.29) is 5.91 Å². The lowest BCUT2D eigenvalue weighted by molar-refractivity contribution is 0.102. The normalized spacial score (nSPS) is 10.3. The summed E-state index contributed by atoms with van der Waals surface area (Å²) in [7, 11) is 0. The standard InChI is InChI=1S/C13H12BrNOS/c1-8-3-4-10(5-12(8)14)15-13(16)11-7-17-6-9(11)2/h3-7H,1-2H3,(H,15,16). The summed E-state index contributed by atoms with van der Waals surface area (Å²) in [6.45, 7) is 3.95. The zero-order valence-electron chi connectivity index (χ0n) is 9.58. The van der Waals surface area contributed by atoms with Crippen molar-refractivity contribution in [1.82, 2.24) is 0 Å². The van der Waals surface area contributed by atoms with Crippen LogP contribution in [0.3, 0.4) is 0 Å². The number of rotatable bonds is 2. The molecule has 1 N–H and O–H groups in total. The fraction of sp³-hybridized carbons (Fsp3) is 0.154. The van der Waals surface area contributed by atoms with Gasteiger partial charge in [0, 0.05) is 15.5 Å². The molecule has 0 atom stereocenters. The maximum Gasteiger partial charge on any atom is 0.256 e. The molecule has 88 valence electrons. The van der Waals surface area contributed by atoms with Gasteiger partial charge in [-0.2, -0.15) is 11.3 Å². The Kier molecular flexibility index (Phi) is 3.64. The van der Waals surface area contributed by atoms with Crippen molar-refractivity contribution in [2.75, 3.05) is 5.32 Å². The van der Waals surface area contributed by atoms with Gasteiger partial charge in [0.2, 0.25) is 0 Å². The molecule has 1 heterocycles. The molecule has 4 heteroatoms. The molecule has 17 heavy (non-hydrogen) atoms. The van der Waals surface area contributed by atoms with Crippen molar-refractivity contribution in [2.24, 2.45) is 0 Å². The van der Waals surface area contributed by atoms with Crippen LogP contribution in [0, 0.1) is 13.8 Å². The number of hydrogen-bond donors (Lipinski definition) is 1. The van der Waals surface area contributed by atoms with E-state index in [2.05, 4.69) is 21.2 Å². The number of aryl methyl sites for hydroxylation is 2. The average molecular weight is 310 g/mol. The van der Waals surface area contributed by atoms with Crippen molar-refractivity contribution in [1.29, 1.82) is 0 Å². The summed E-state index contributed by atoms with van der Waals surface area (Å²) in [6.07, 6.45) is 0. The lowest BCUT2D eigenvalue weighted by Gasteiger charge is -2.06. The summed E-state index contributed by atoms with van der Waals surface area (Å²) in [5, 5.41) is 6.73. The molecule has 0 aliphatic carbocycles. The minimum Gasteiger partial charge on any atom is -0.322 e. The molecule has 1 aromatic carbocycles. The predicted molar refractivity (Wildman–Crippen MR) is 75.9 cm³/mol. The highest BCUT2D eigenvalue weighted by Crippen LogP contribution is 2.22.